The van der Waals surface area contributed by atoms with Crippen LogP contribution in [0.25, 0.3) is 0 Å². The van der Waals surface area contributed by atoms with Crippen LogP contribution in [0.4, 0.5) is 0 Å². The zero-order valence-corrected chi connectivity index (χ0v) is 9.80. The predicted molar refractivity (Wildman–Crippen MR) is 64.7 cm³/mol. The summed E-state index contributed by atoms with van der Waals surface area (Å²) in [7, 11) is 0. The predicted octanol–water partition coefficient (Wildman–Crippen LogP) is -0.152. The number of nitrogens with zero attached hydrogens (tertiary/aromatic N) is 2. The van der Waals surface area contributed by atoms with Crippen molar-refractivity contribution in [3.05, 3.63) is 29.6 Å². The minimum atomic E-state index is -0.197. The van der Waals surface area contributed by atoms with Gasteiger partial charge in [-0.25, -0.2) is 0 Å². The van der Waals surface area contributed by atoms with Gasteiger partial charge in [0.2, 0.25) is 5.91 Å². The van der Waals surface area contributed by atoms with Crippen molar-refractivity contribution in [1.82, 2.24) is 9.88 Å². The largest absolute Gasteiger partial charge is 0.369 e. The minimum absolute atomic E-state index is 0.00648. The molecule has 2 heterocycles. The Hall–Kier alpha value is -1.46. The summed E-state index contributed by atoms with van der Waals surface area (Å²) >= 11 is 0. The second-order valence-electron chi connectivity index (χ2n) is 4.44. The Morgan fingerprint density at radius 2 is 2.41 bits per heavy atom. The number of pyridine rings is 1. The van der Waals surface area contributed by atoms with Crippen molar-refractivity contribution >= 4 is 5.91 Å². The van der Waals surface area contributed by atoms with Crippen molar-refractivity contribution in [3.8, 4) is 0 Å². The van der Waals surface area contributed by atoms with Gasteiger partial charge in [-0.05, 0) is 24.6 Å². The third-order valence-corrected chi connectivity index (χ3v) is 3.25. The zero-order chi connectivity index (χ0) is 12.3. The molecule has 4 N–H and O–H groups in total. The van der Waals surface area contributed by atoms with Crippen LogP contribution in [0.15, 0.2) is 18.3 Å². The van der Waals surface area contributed by atoms with Crippen LogP contribution in [0.2, 0.25) is 0 Å². The Labute approximate surface area is 101 Å². The molecular formula is C12H18N4O. The highest BCUT2D eigenvalue weighted by Crippen LogP contribution is 2.19. The molecule has 1 unspecified atom stereocenters. The van der Waals surface area contributed by atoms with Crippen molar-refractivity contribution in [1.29, 1.82) is 0 Å². The van der Waals surface area contributed by atoms with Gasteiger partial charge in [0.15, 0.2) is 0 Å². The summed E-state index contributed by atoms with van der Waals surface area (Å²) in [4.78, 5) is 17.6. The number of carbonyl (C=O) groups excluding carboxylic acids is 1. The third kappa shape index (κ3) is 2.81. The number of amides is 1. The van der Waals surface area contributed by atoms with Crippen LogP contribution in [0.5, 0.6) is 0 Å². The first kappa shape index (κ1) is 12.0. The van der Waals surface area contributed by atoms with Crippen molar-refractivity contribution in [2.75, 3.05) is 13.1 Å². The molecule has 1 aliphatic rings. The van der Waals surface area contributed by atoms with Crippen LogP contribution >= 0.6 is 0 Å². The lowest BCUT2D eigenvalue weighted by atomic mass is 10.1. The molecule has 0 aromatic carbocycles. The van der Waals surface area contributed by atoms with Gasteiger partial charge in [-0.15, -0.1) is 0 Å². The van der Waals surface area contributed by atoms with E-state index in [2.05, 4.69) is 9.88 Å². The van der Waals surface area contributed by atoms with E-state index in [1.165, 1.54) is 0 Å². The molecule has 1 aromatic rings. The number of nitrogens with two attached hydrogens (primary N) is 2. The smallest absolute Gasteiger partial charge is 0.221 e. The summed E-state index contributed by atoms with van der Waals surface area (Å²) < 4.78 is 0. The second-order valence-corrected chi connectivity index (χ2v) is 4.44. The van der Waals surface area contributed by atoms with Crippen molar-refractivity contribution in [2.45, 2.75) is 19.5 Å². The van der Waals surface area contributed by atoms with Gasteiger partial charge >= 0.3 is 0 Å². The zero-order valence-electron chi connectivity index (χ0n) is 9.80. The highest BCUT2D eigenvalue weighted by molar-refractivity contribution is 5.77. The average molecular weight is 234 g/mol. The SMILES string of the molecule is NCc1ncccc1CN1CCC(C(N)=O)C1. The summed E-state index contributed by atoms with van der Waals surface area (Å²) in [5.41, 5.74) is 13.0. The molecule has 1 aliphatic heterocycles. The summed E-state index contributed by atoms with van der Waals surface area (Å²) in [5.74, 6) is -0.203. The van der Waals surface area contributed by atoms with Gasteiger partial charge in [-0.1, -0.05) is 6.07 Å². The summed E-state index contributed by atoms with van der Waals surface area (Å²) in [6, 6.07) is 3.95. The lowest BCUT2D eigenvalue weighted by Crippen LogP contribution is -2.27. The van der Waals surface area contributed by atoms with E-state index < -0.39 is 0 Å². The first-order chi connectivity index (χ1) is 8.20. The molecule has 1 aromatic heterocycles. The topological polar surface area (TPSA) is 85.2 Å². The molecule has 5 nitrogen and oxygen atoms in total. The monoisotopic (exact) mass is 234 g/mol. The highest BCUT2D eigenvalue weighted by atomic mass is 16.1. The van der Waals surface area contributed by atoms with Crippen molar-refractivity contribution in [3.63, 3.8) is 0 Å². The Balaban J connectivity index is 2.00. The van der Waals surface area contributed by atoms with Crippen LogP contribution in [-0.4, -0.2) is 28.9 Å². The van der Waals surface area contributed by atoms with Crippen LogP contribution in [0.1, 0.15) is 17.7 Å². The van der Waals surface area contributed by atoms with Crippen molar-refractivity contribution in [2.24, 2.45) is 17.4 Å². The fourth-order valence-corrected chi connectivity index (χ4v) is 2.25. The van der Waals surface area contributed by atoms with E-state index >= 15 is 0 Å². The third-order valence-electron chi connectivity index (χ3n) is 3.25. The highest BCUT2D eigenvalue weighted by Gasteiger charge is 2.26. The molecule has 1 atom stereocenters. The van der Waals surface area contributed by atoms with Crippen molar-refractivity contribution < 1.29 is 4.79 Å². The molecule has 92 valence electrons. The standard InChI is InChI=1S/C12H18N4O/c13-6-11-9(2-1-4-15-11)7-16-5-3-10(8-16)12(14)17/h1-2,4,10H,3,5-8,13H2,(H2,14,17). The Kier molecular flexibility index (Phi) is 3.71. The Morgan fingerprint density at radius 3 is 3.06 bits per heavy atom. The Bertz CT molecular complexity index is 407. The summed E-state index contributed by atoms with van der Waals surface area (Å²) in [5, 5.41) is 0. The van der Waals surface area contributed by atoms with E-state index in [4.69, 9.17) is 11.5 Å². The maximum atomic E-state index is 11.1. The van der Waals surface area contributed by atoms with E-state index in [9.17, 15) is 4.79 Å². The van der Waals surface area contributed by atoms with Gasteiger partial charge in [0.05, 0.1) is 11.6 Å². The van der Waals surface area contributed by atoms with E-state index in [0.717, 1.165) is 37.3 Å². The number of aromatic nitrogens is 1. The molecule has 2 rings (SSSR count). The molecule has 1 saturated heterocycles. The molecular weight excluding hydrogens is 216 g/mol. The molecule has 0 spiro atoms. The van der Waals surface area contributed by atoms with Gasteiger partial charge in [0.1, 0.15) is 0 Å². The molecule has 0 saturated carbocycles. The lowest BCUT2D eigenvalue weighted by molar-refractivity contribution is -0.121. The average Bonchev–Trinajstić information content (AvgIpc) is 2.78. The summed E-state index contributed by atoms with van der Waals surface area (Å²) in [6.45, 7) is 2.90. The molecule has 0 aliphatic carbocycles. The van der Waals surface area contributed by atoms with Gasteiger partial charge in [0.25, 0.3) is 0 Å². The van der Waals surface area contributed by atoms with Crippen LogP contribution in [0.3, 0.4) is 0 Å². The first-order valence-electron chi connectivity index (χ1n) is 5.85. The lowest BCUT2D eigenvalue weighted by Gasteiger charge is -2.16. The van der Waals surface area contributed by atoms with E-state index in [1.54, 1.807) is 6.20 Å². The number of carbonyl (C=O) groups is 1. The van der Waals surface area contributed by atoms with Crippen LogP contribution in [-0.2, 0) is 17.9 Å². The quantitative estimate of drug-likeness (QED) is 0.758. The fraction of sp³-hybridized carbons (Fsp3) is 0.500. The maximum Gasteiger partial charge on any atom is 0.221 e. The number of hydrogen-bond acceptors (Lipinski definition) is 4. The van der Waals surface area contributed by atoms with Gasteiger partial charge in [0, 0.05) is 25.8 Å². The number of likely N-dealkylation sites (tertiary alicyclic amines) is 1. The molecule has 1 amide bonds. The number of primary amides is 1. The summed E-state index contributed by atoms with van der Waals surface area (Å²) in [6.07, 6.45) is 2.61. The number of hydrogen-bond donors (Lipinski definition) is 2. The van der Waals surface area contributed by atoms with Gasteiger partial charge < -0.3 is 11.5 Å². The van der Waals surface area contributed by atoms with Crippen LogP contribution in [0, 0.1) is 5.92 Å². The molecule has 5 heteroatoms. The molecule has 0 radical (unpaired) electrons. The second kappa shape index (κ2) is 5.25. The van der Waals surface area contributed by atoms with Gasteiger partial charge in [-0.2, -0.15) is 0 Å². The molecule has 0 bridgehead atoms. The first-order valence-corrected chi connectivity index (χ1v) is 5.85. The number of rotatable bonds is 4. The Morgan fingerprint density at radius 1 is 1.59 bits per heavy atom. The molecule has 1 fully saturated rings. The fourth-order valence-electron chi connectivity index (χ4n) is 2.25. The molecule has 17 heavy (non-hydrogen) atoms. The van der Waals surface area contributed by atoms with Gasteiger partial charge in [-0.3, -0.25) is 14.7 Å². The maximum absolute atomic E-state index is 11.1. The van der Waals surface area contributed by atoms with Crippen LogP contribution < -0.4 is 11.5 Å². The minimum Gasteiger partial charge on any atom is -0.369 e. The van der Waals surface area contributed by atoms with E-state index in [0.29, 0.717) is 6.54 Å². The normalized spacial score (nSPS) is 20.6. The van der Waals surface area contributed by atoms with E-state index in [-0.39, 0.29) is 11.8 Å². The van der Waals surface area contributed by atoms with E-state index in [1.807, 2.05) is 12.1 Å².